The Labute approximate surface area is 108 Å². The van der Waals surface area contributed by atoms with Gasteiger partial charge in [0.05, 0.1) is 5.92 Å². The molecule has 18 heavy (non-hydrogen) atoms. The molecular weight excluding hydrogens is 224 g/mol. The van der Waals surface area contributed by atoms with E-state index in [9.17, 15) is 4.79 Å². The fourth-order valence-electron chi connectivity index (χ4n) is 2.69. The molecule has 3 heteroatoms. The van der Waals surface area contributed by atoms with E-state index in [-0.39, 0.29) is 11.8 Å². The minimum atomic E-state index is 0.0777. The predicted molar refractivity (Wildman–Crippen MR) is 72.4 cm³/mol. The maximum atomic E-state index is 12.1. The molecule has 0 saturated heterocycles. The van der Waals surface area contributed by atoms with Gasteiger partial charge in [0.2, 0.25) is 5.91 Å². The van der Waals surface area contributed by atoms with Crippen LogP contribution in [0.1, 0.15) is 18.9 Å². The fourth-order valence-corrected chi connectivity index (χ4v) is 2.69. The van der Waals surface area contributed by atoms with Crippen LogP contribution in [0.25, 0.3) is 0 Å². The predicted octanol–water partition coefficient (Wildman–Crippen LogP) is 2.04. The summed E-state index contributed by atoms with van der Waals surface area (Å²) >= 11 is 0. The number of benzene rings is 1. The third kappa shape index (κ3) is 2.35. The lowest BCUT2D eigenvalue weighted by Gasteiger charge is -2.25. The summed E-state index contributed by atoms with van der Waals surface area (Å²) in [6, 6.07) is 8.24. The molecule has 2 N–H and O–H groups in total. The summed E-state index contributed by atoms with van der Waals surface area (Å²) in [5.74, 6) is 1.80. The molecule has 3 nitrogen and oxygen atoms in total. The van der Waals surface area contributed by atoms with Crippen molar-refractivity contribution in [1.29, 1.82) is 0 Å². The van der Waals surface area contributed by atoms with Crippen molar-refractivity contribution in [2.45, 2.75) is 19.8 Å². The lowest BCUT2D eigenvalue weighted by atomic mass is 9.93. The van der Waals surface area contributed by atoms with Crippen molar-refractivity contribution in [2.24, 2.45) is 17.8 Å². The lowest BCUT2D eigenvalue weighted by Crippen LogP contribution is -2.39. The SMILES string of the molecule is CC1CC1CNC(=O)C1CNc2ccccc2C1. The van der Waals surface area contributed by atoms with E-state index in [0.717, 1.165) is 31.3 Å². The minimum Gasteiger partial charge on any atom is -0.384 e. The van der Waals surface area contributed by atoms with Gasteiger partial charge in [0.15, 0.2) is 0 Å². The van der Waals surface area contributed by atoms with Crippen LogP contribution in [0.5, 0.6) is 0 Å². The third-order valence-corrected chi connectivity index (χ3v) is 4.21. The van der Waals surface area contributed by atoms with Gasteiger partial charge in [-0.25, -0.2) is 0 Å². The molecule has 1 aromatic rings. The summed E-state index contributed by atoms with van der Waals surface area (Å²) in [7, 11) is 0. The Morgan fingerprint density at radius 2 is 2.22 bits per heavy atom. The molecule has 1 aliphatic heterocycles. The first kappa shape index (κ1) is 11.6. The molecule has 3 unspecified atom stereocenters. The summed E-state index contributed by atoms with van der Waals surface area (Å²) in [4.78, 5) is 12.1. The Kier molecular flexibility index (Phi) is 2.98. The first-order valence-electron chi connectivity index (χ1n) is 6.83. The first-order valence-corrected chi connectivity index (χ1v) is 6.83. The van der Waals surface area contributed by atoms with Crippen LogP contribution >= 0.6 is 0 Å². The standard InChI is InChI=1S/C15H20N2O/c1-10-6-12(10)8-17-15(18)13-7-11-4-2-3-5-14(11)16-9-13/h2-5,10,12-13,16H,6-9H2,1H3,(H,17,18). The molecule has 0 aromatic heterocycles. The van der Waals surface area contributed by atoms with Crippen molar-refractivity contribution in [2.75, 3.05) is 18.4 Å². The summed E-state index contributed by atoms with van der Waals surface area (Å²) in [5, 5.41) is 6.44. The third-order valence-electron chi connectivity index (χ3n) is 4.21. The lowest BCUT2D eigenvalue weighted by molar-refractivity contribution is -0.124. The number of rotatable bonds is 3. The highest BCUT2D eigenvalue weighted by atomic mass is 16.1. The van der Waals surface area contributed by atoms with Crippen molar-refractivity contribution in [3.8, 4) is 0 Å². The van der Waals surface area contributed by atoms with E-state index in [1.165, 1.54) is 17.7 Å². The van der Waals surface area contributed by atoms with E-state index >= 15 is 0 Å². The number of para-hydroxylation sites is 1. The molecule has 1 fully saturated rings. The van der Waals surface area contributed by atoms with Gasteiger partial charge in [-0.2, -0.15) is 0 Å². The number of fused-ring (bicyclic) bond motifs is 1. The Bertz CT molecular complexity index is 458. The fraction of sp³-hybridized carbons (Fsp3) is 0.533. The normalized spacial score (nSPS) is 29.1. The molecule has 96 valence electrons. The summed E-state index contributed by atoms with van der Waals surface area (Å²) < 4.78 is 0. The number of hydrogen-bond donors (Lipinski definition) is 2. The molecule has 2 aliphatic rings. The van der Waals surface area contributed by atoms with Gasteiger partial charge >= 0.3 is 0 Å². The van der Waals surface area contributed by atoms with Crippen LogP contribution < -0.4 is 10.6 Å². The van der Waals surface area contributed by atoms with Crippen LogP contribution in [-0.4, -0.2) is 19.0 Å². The number of hydrogen-bond acceptors (Lipinski definition) is 2. The quantitative estimate of drug-likeness (QED) is 0.854. The zero-order chi connectivity index (χ0) is 12.5. The Hall–Kier alpha value is -1.51. The average molecular weight is 244 g/mol. The van der Waals surface area contributed by atoms with Gasteiger partial charge < -0.3 is 10.6 Å². The Morgan fingerprint density at radius 3 is 3.00 bits per heavy atom. The van der Waals surface area contributed by atoms with Gasteiger partial charge in [-0.15, -0.1) is 0 Å². The zero-order valence-electron chi connectivity index (χ0n) is 10.8. The van der Waals surface area contributed by atoms with Crippen molar-refractivity contribution >= 4 is 11.6 Å². The first-order chi connectivity index (χ1) is 8.74. The zero-order valence-corrected chi connectivity index (χ0v) is 10.8. The van der Waals surface area contributed by atoms with E-state index in [0.29, 0.717) is 0 Å². The highest BCUT2D eigenvalue weighted by Gasteiger charge is 2.33. The van der Waals surface area contributed by atoms with Gasteiger partial charge in [-0.1, -0.05) is 25.1 Å². The second kappa shape index (κ2) is 4.63. The van der Waals surface area contributed by atoms with Crippen LogP contribution in [0.4, 0.5) is 5.69 Å². The van der Waals surface area contributed by atoms with Crippen LogP contribution in [0, 0.1) is 17.8 Å². The van der Waals surface area contributed by atoms with Crippen molar-refractivity contribution in [3.05, 3.63) is 29.8 Å². The molecule has 3 rings (SSSR count). The van der Waals surface area contributed by atoms with Crippen molar-refractivity contribution < 1.29 is 4.79 Å². The Balaban J connectivity index is 1.56. The maximum absolute atomic E-state index is 12.1. The van der Waals surface area contributed by atoms with Crippen molar-refractivity contribution in [1.82, 2.24) is 5.32 Å². The minimum absolute atomic E-state index is 0.0777. The Morgan fingerprint density at radius 1 is 1.44 bits per heavy atom. The van der Waals surface area contributed by atoms with Gasteiger partial charge in [-0.3, -0.25) is 4.79 Å². The largest absolute Gasteiger partial charge is 0.384 e. The van der Waals surface area contributed by atoms with E-state index in [1.54, 1.807) is 0 Å². The second-order valence-corrected chi connectivity index (χ2v) is 5.66. The van der Waals surface area contributed by atoms with Gasteiger partial charge in [0, 0.05) is 18.8 Å². The topological polar surface area (TPSA) is 41.1 Å². The van der Waals surface area contributed by atoms with Crippen molar-refractivity contribution in [3.63, 3.8) is 0 Å². The van der Waals surface area contributed by atoms with E-state index in [4.69, 9.17) is 0 Å². The molecule has 1 amide bonds. The van der Waals surface area contributed by atoms with E-state index in [1.807, 2.05) is 12.1 Å². The van der Waals surface area contributed by atoms with Crippen LogP contribution in [0.15, 0.2) is 24.3 Å². The number of amides is 1. The summed E-state index contributed by atoms with van der Waals surface area (Å²) in [6.45, 7) is 3.86. The highest BCUT2D eigenvalue weighted by molar-refractivity contribution is 5.80. The number of nitrogens with one attached hydrogen (secondary N) is 2. The molecule has 0 spiro atoms. The molecule has 1 aromatic carbocycles. The van der Waals surface area contributed by atoms with Gasteiger partial charge in [0.25, 0.3) is 0 Å². The monoisotopic (exact) mass is 244 g/mol. The summed E-state index contributed by atoms with van der Waals surface area (Å²) in [6.07, 6.45) is 2.13. The van der Waals surface area contributed by atoms with E-state index < -0.39 is 0 Å². The smallest absolute Gasteiger partial charge is 0.225 e. The highest BCUT2D eigenvalue weighted by Crippen LogP contribution is 2.36. The molecule has 3 atom stereocenters. The average Bonchev–Trinajstić information content (AvgIpc) is 3.11. The summed E-state index contributed by atoms with van der Waals surface area (Å²) in [5.41, 5.74) is 2.43. The molecule has 1 heterocycles. The number of carbonyl (C=O) groups excluding carboxylic acids is 1. The molecule has 0 radical (unpaired) electrons. The number of anilines is 1. The second-order valence-electron chi connectivity index (χ2n) is 5.66. The van der Waals surface area contributed by atoms with Gasteiger partial charge in [-0.05, 0) is 36.3 Å². The number of carbonyl (C=O) groups is 1. The van der Waals surface area contributed by atoms with Crippen LogP contribution in [0.3, 0.4) is 0 Å². The van der Waals surface area contributed by atoms with Crippen LogP contribution in [0.2, 0.25) is 0 Å². The maximum Gasteiger partial charge on any atom is 0.225 e. The van der Waals surface area contributed by atoms with Gasteiger partial charge in [0.1, 0.15) is 0 Å². The van der Waals surface area contributed by atoms with Crippen LogP contribution in [-0.2, 0) is 11.2 Å². The molecule has 1 saturated carbocycles. The molecular formula is C15H20N2O. The molecule has 1 aliphatic carbocycles. The molecule has 0 bridgehead atoms. The van der Waals surface area contributed by atoms with E-state index in [2.05, 4.69) is 29.7 Å².